The quantitative estimate of drug-likeness (QED) is 0.607. The van der Waals surface area contributed by atoms with Gasteiger partial charge in [0.1, 0.15) is 0 Å². The van der Waals surface area contributed by atoms with Gasteiger partial charge in [-0.15, -0.1) is 0 Å². The van der Waals surface area contributed by atoms with E-state index < -0.39 is 17.6 Å². The molecule has 1 amide bonds. The van der Waals surface area contributed by atoms with Crippen molar-refractivity contribution in [2.24, 2.45) is 0 Å². The minimum absolute atomic E-state index is 0.0198. The third-order valence-corrected chi connectivity index (χ3v) is 4.02. The van der Waals surface area contributed by atoms with Crippen LogP contribution in [0.25, 0.3) is 0 Å². The molecule has 3 rings (SSSR count). The molecule has 0 radical (unpaired) electrons. The van der Waals surface area contributed by atoms with Gasteiger partial charge in [-0.25, -0.2) is 9.97 Å². The number of amides is 1. The average Bonchev–Trinajstić information content (AvgIpc) is 2.68. The van der Waals surface area contributed by atoms with Gasteiger partial charge in [-0.3, -0.25) is 4.79 Å². The number of nitrogens with one attached hydrogen (secondary N) is 1. The zero-order chi connectivity index (χ0) is 21.0. The highest BCUT2D eigenvalue weighted by Gasteiger charge is 2.30. The normalized spacial score (nSPS) is 10.8. The van der Waals surface area contributed by atoms with Gasteiger partial charge in [-0.05, 0) is 36.4 Å². The summed E-state index contributed by atoms with van der Waals surface area (Å²) in [5.74, 6) is 5.12. The monoisotopic (exact) mass is 416 g/mol. The first-order valence-corrected chi connectivity index (χ1v) is 8.48. The summed E-state index contributed by atoms with van der Waals surface area (Å²) >= 11 is 6.11. The number of aromatic nitrogens is 2. The zero-order valence-electron chi connectivity index (χ0n) is 14.6. The van der Waals surface area contributed by atoms with Gasteiger partial charge in [0.25, 0.3) is 5.91 Å². The second-order valence-corrected chi connectivity index (χ2v) is 6.21. The van der Waals surface area contributed by atoms with Crippen molar-refractivity contribution in [2.75, 3.05) is 11.1 Å². The van der Waals surface area contributed by atoms with Gasteiger partial charge in [-0.1, -0.05) is 29.5 Å². The molecule has 3 N–H and O–H groups in total. The van der Waals surface area contributed by atoms with Gasteiger partial charge in [0.2, 0.25) is 5.95 Å². The standard InChI is InChI=1S/C20H12ClF3N4O/c21-17-7-6-14(8-13(17)5-4-12-10-26-19(25)27-11-12)18(29)28-16-3-1-2-15(9-16)20(22,23)24/h1-3,6-11H,(H,28,29)(H2,25,26,27). The summed E-state index contributed by atoms with van der Waals surface area (Å²) in [6.45, 7) is 0. The van der Waals surface area contributed by atoms with E-state index in [0.29, 0.717) is 16.1 Å². The van der Waals surface area contributed by atoms with E-state index in [2.05, 4.69) is 27.1 Å². The number of halogens is 4. The molecule has 0 bridgehead atoms. The van der Waals surface area contributed by atoms with E-state index in [-0.39, 0.29) is 17.2 Å². The molecule has 3 aromatic rings. The van der Waals surface area contributed by atoms with Crippen LogP contribution in [0.1, 0.15) is 27.0 Å². The van der Waals surface area contributed by atoms with E-state index in [0.717, 1.165) is 12.1 Å². The lowest BCUT2D eigenvalue weighted by Gasteiger charge is -2.10. The van der Waals surface area contributed by atoms with Gasteiger partial charge >= 0.3 is 6.18 Å². The van der Waals surface area contributed by atoms with Crippen molar-refractivity contribution in [3.8, 4) is 11.8 Å². The second kappa shape index (κ2) is 8.20. The largest absolute Gasteiger partial charge is 0.416 e. The number of nitrogens with two attached hydrogens (primary N) is 1. The molecule has 0 aliphatic rings. The van der Waals surface area contributed by atoms with Crippen LogP contribution in [0, 0.1) is 11.8 Å². The topological polar surface area (TPSA) is 80.9 Å². The van der Waals surface area contributed by atoms with Crippen molar-refractivity contribution in [3.63, 3.8) is 0 Å². The molecule has 0 saturated heterocycles. The molecule has 0 atom stereocenters. The summed E-state index contributed by atoms with van der Waals surface area (Å²) < 4.78 is 38.4. The van der Waals surface area contributed by atoms with Crippen LogP contribution in [0.2, 0.25) is 5.02 Å². The maximum Gasteiger partial charge on any atom is 0.416 e. The number of rotatable bonds is 2. The van der Waals surface area contributed by atoms with Crippen molar-refractivity contribution < 1.29 is 18.0 Å². The van der Waals surface area contributed by atoms with Crippen molar-refractivity contribution in [1.29, 1.82) is 0 Å². The predicted molar refractivity (Wildman–Crippen MR) is 103 cm³/mol. The summed E-state index contributed by atoms with van der Waals surface area (Å²) in [6, 6.07) is 8.73. The van der Waals surface area contributed by atoms with E-state index in [1.807, 2.05) is 0 Å². The zero-order valence-corrected chi connectivity index (χ0v) is 15.3. The highest BCUT2D eigenvalue weighted by Crippen LogP contribution is 2.30. The lowest BCUT2D eigenvalue weighted by atomic mass is 10.1. The highest BCUT2D eigenvalue weighted by molar-refractivity contribution is 6.32. The number of nitrogen functional groups attached to an aromatic ring is 1. The van der Waals surface area contributed by atoms with E-state index in [1.165, 1.54) is 42.7 Å². The fraction of sp³-hybridized carbons (Fsp3) is 0.0500. The van der Waals surface area contributed by atoms with Crippen LogP contribution in [0.15, 0.2) is 54.9 Å². The number of hydrogen-bond donors (Lipinski definition) is 2. The maximum absolute atomic E-state index is 12.8. The Bertz CT molecular complexity index is 1120. The molecule has 0 unspecified atom stereocenters. The summed E-state index contributed by atoms with van der Waals surface area (Å²) in [6.07, 6.45) is -1.63. The molecule has 146 valence electrons. The molecule has 0 aliphatic carbocycles. The number of anilines is 2. The Balaban J connectivity index is 1.82. The Labute approximate surface area is 168 Å². The highest BCUT2D eigenvalue weighted by atomic mass is 35.5. The molecule has 5 nitrogen and oxygen atoms in total. The average molecular weight is 417 g/mol. The summed E-state index contributed by atoms with van der Waals surface area (Å²) in [4.78, 5) is 20.1. The number of benzene rings is 2. The number of carbonyl (C=O) groups is 1. The van der Waals surface area contributed by atoms with Gasteiger partial charge in [0.15, 0.2) is 0 Å². The van der Waals surface area contributed by atoms with Crippen molar-refractivity contribution in [2.45, 2.75) is 6.18 Å². The van der Waals surface area contributed by atoms with E-state index >= 15 is 0 Å². The van der Waals surface area contributed by atoms with Crippen LogP contribution < -0.4 is 11.1 Å². The fourth-order valence-corrected chi connectivity index (χ4v) is 2.45. The molecule has 0 saturated carbocycles. The van der Waals surface area contributed by atoms with Crippen LogP contribution in [-0.2, 0) is 6.18 Å². The minimum atomic E-state index is -4.50. The minimum Gasteiger partial charge on any atom is -0.368 e. The maximum atomic E-state index is 12.8. The van der Waals surface area contributed by atoms with Crippen LogP contribution in [0.4, 0.5) is 24.8 Å². The molecule has 2 aromatic carbocycles. The Kier molecular flexibility index (Phi) is 5.71. The first kappa shape index (κ1) is 20.2. The van der Waals surface area contributed by atoms with E-state index in [9.17, 15) is 18.0 Å². The fourth-order valence-electron chi connectivity index (χ4n) is 2.28. The van der Waals surface area contributed by atoms with Gasteiger partial charge < -0.3 is 11.1 Å². The Morgan fingerprint density at radius 3 is 2.48 bits per heavy atom. The number of nitrogens with zero attached hydrogens (tertiary/aromatic N) is 2. The first-order valence-electron chi connectivity index (χ1n) is 8.10. The Hall–Kier alpha value is -3.57. The molecule has 9 heteroatoms. The lowest BCUT2D eigenvalue weighted by Crippen LogP contribution is -2.13. The van der Waals surface area contributed by atoms with Gasteiger partial charge in [-0.2, -0.15) is 13.2 Å². The number of hydrogen-bond acceptors (Lipinski definition) is 4. The van der Waals surface area contributed by atoms with Crippen molar-refractivity contribution in [3.05, 3.63) is 82.1 Å². The van der Waals surface area contributed by atoms with Crippen LogP contribution in [-0.4, -0.2) is 15.9 Å². The van der Waals surface area contributed by atoms with Crippen molar-refractivity contribution in [1.82, 2.24) is 9.97 Å². The SMILES string of the molecule is Nc1ncc(C#Cc2cc(C(=O)Nc3cccc(C(F)(F)F)c3)ccc2Cl)cn1. The number of alkyl halides is 3. The summed E-state index contributed by atoms with van der Waals surface area (Å²) in [5.41, 5.74) is 5.61. The smallest absolute Gasteiger partial charge is 0.368 e. The Morgan fingerprint density at radius 2 is 1.79 bits per heavy atom. The third-order valence-electron chi connectivity index (χ3n) is 3.69. The van der Waals surface area contributed by atoms with Gasteiger partial charge in [0.05, 0.1) is 16.1 Å². The molecule has 0 aliphatic heterocycles. The van der Waals surface area contributed by atoms with Crippen LogP contribution in [0.3, 0.4) is 0 Å². The van der Waals surface area contributed by atoms with E-state index in [4.69, 9.17) is 17.3 Å². The lowest BCUT2D eigenvalue weighted by molar-refractivity contribution is -0.137. The molecule has 1 aromatic heterocycles. The molecule has 0 spiro atoms. The predicted octanol–water partition coefficient (Wildman–Crippen LogP) is 4.38. The molecular formula is C20H12ClF3N4O. The Morgan fingerprint density at radius 1 is 1.07 bits per heavy atom. The first-order chi connectivity index (χ1) is 13.7. The molecular weight excluding hydrogens is 405 g/mol. The van der Waals surface area contributed by atoms with Crippen molar-refractivity contribution >= 4 is 29.1 Å². The second-order valence-electron chi connectivity index (χ2n) is 5.81. The molecule has 29 heavy (non-hydrogen) atoms. The third kappa shape index (κ3) is 5.24. The van der Waals surface area contributed by atoms with Crippen LogP contribution in [0.5, 0.6) is 0 Å². The number of carbonyl (C=O) groups excluding carboxylic acids is 1. The van der Waals surface area contributed by atoms with E-state index in [1.54, 1.807) is 0 Å². The summed E-state index contributed by atoms with van der Waals surface area (Å²) in [7, 11) is 0. The van der Waals surface area contributed by atoms with Crippen LogP contribution >= 0.6 is 11.6 Å². The molecule has 0 fully saturated rings. The molecule has 1 heterocycles. The summed E-state index contributed by atoms with van der Waals surface area (Å²) in [5, 5.41) is 2.74. The van der Waals surface area contributed by atoms with Gasteiger partial charge in [0, 0.05) is 29.2 Å².